The summed E-state index contributed by atoms with van der Waals surface area (Å²) in [5.74, 6) is -0.349. The number of nitrogens with zero attached hydrogens (tertiary/aromatic N) is 2. The first-order valence-corrected chi connectivity index (χ1v) is 9.61. The normalized spacial score (nSPS) is 18.9. The Morgan fingerprint density at radius 1 is 1.48 bits per heavy atom. The van der Waals surface area contributed by atoms with Crippen molar-refractivity contribution < 1.29 is 13.9 Å². The zero-order valence-electron chi connectivity index (χ0n) is 14.4. The van der Waals surface area contributed by atoms with Gasteiger partial charge < -0.3 is 9.64 Å². The second kappa shape index (κ2) is 6.18. The molecule has 4 rings (SSSR count). The molecule has 6 heteroatoms. The highest BCUT2D eigenvalue weighted by Gasteiger charge is 2.50. The van der Waals surface area contributed by atoms with Gasteiger partial charge in [-0.2, -0.15) is 0 Å². The first-order valence-electron chi connectivity index (χ1n) is 8.73. The summed E-state index contributed by atoms with van der Waals surface area (Å²) in [5.41, 5.74) is 1.64. The summed E-state index contributed by atoms with van der Waals surface area (Å²) in [6.07, 6.45) is 2.84. The van der Waals surface area contributed by atoms with Gasteiger partial charge in [0.15, 0.2) is 0 Å². The zero-order chi connectivity index (χ0) is 17.6. The van der Waals surface area contributed by atoms with Crippen LogP contribution in [0.2, 0.25) is 0 Å². The summed E-state index contributed by atoms with van der Waals surface area (Å²) >= 11 is 1.43. The SMILES string of the molecule is CCOC(C)c1nc(C(=O)N2CC3(CCC3)c3c(F)cccc32)cs1. The Bertz CT molecular complexity index is 816. The van der Waals surface area contributed by atoms with Crippen LogP contribution in [0.3, 0.4) is 0 Å². The fraction of sp³-hybridized carbons (Fsp3) is 0.474. The Kier molecular flexibility index (Phi) is 4.12. The molecular weight excluding hydrogens is 339 g/mol. The van der Waals surface area contributed by atoms with Crippen molar-refractivity contribution in [3.63, 3.8) is 0 Å². The van der Waals surface area contributed by atoms with Crippen molar-refractivity contribution in [3.8, 4) is 0 Å². The Morgan fingerprint density at radius 3 is 2.96 bits per heavy atom. The molecule has 2 aliphatic rings. The van der Waals surface area contributed by atoms with Crippen LogP contribution in [0.4, 0.5) is 10.1 Å². The predicted molar refractivity (Wildman–Crippen MR) is 95.8 cm³/mol. The number of hydrogen-bond donors (Lipinski definition) is 0. The van der Waals surface area contributed by atoms with E-state index in [9.17, 15) is 9.18 Å². The fourth-order valence-corrected chi connectivity index (χ4v) is 4.75. The predicted octanol–water partition coefficient (Wildman–Crippen LogP) is 4.46. The molecule has 2 heterocycles. The molecule has 1 unspecified atom stereocenters. The van der Waals surface area contributed by atoms with Crippen LogP contribution in [0.15, 0.2) is 23.6 Å². The standard InChI is InChI=1S/C19H21FN2O2S/c1-3-24-12(2)17-21-14(10-25-17)18(23)22-11-19(8-5-9-19)16-13(20)6-4-7-15(16)22/h4,6-7,10,12H,3,5,8-9,11H2,1-2H3. The number of ether oxygens (including phenoxy) is 1. The van der Waals surface area contributed by atoms with Crippen LogP contribution in [-0.4, -0.2) is 24.0 Å². The van der Waals surface area contributed by atoms with Gasteiger partial charge in [-0.05, 0) is 38.8 Å². The topological polar surface area (TPSA) is 42.4 Å². The molecule has 1 fully saturated rings. The van der Waals surface area contributed by atoms with E-state index in [4.69, 9.17) is 4.74 Å². The number of carbonyl (C=O) groups is 1. The number of hydrogen-bond acceptors (Lipinski definition) is 4. The third kappa shape index (κ3) is 2.59. The monoisotopic (exact) mass is 360 g/mol. The highest BCUT2D eigenvalue weighted by Crippen LogP contribution is 2.53. The van der Waals surface area contributed by atoms with Gasteiger partial charge in [0, 0.05) is 29.5 Å². The van der Waals surface area contributed by atoms with E-state index >= 15 is 0 Å². The molecule has 1 saturated carbocycles. The van der Waals surface area contributed by atoms with E-state index in [1.807, 2.05) is 19.9 Å². The first-order chi connectivity index (χ1) is 12.1. The third-order valence-electron chi connectivity index (χ3n) is 5.33. The number of rotatable bonds is 4. The minimum atomic E-state index is -0.201. The second-order valence-electron chi connectivity index (χ2n) is 6.83. The number of benzene rings is 1. The number of amides is 1. The molecule has 1 amide bonds. The lowest BCUT2D eigenvalue weighted by Crippen LogP contribution is -2.41. The largest absolute Gasteiger partial charge is 0.372 e. The van der Waals surface area contributed by atoms with Crippen molar-refractivity contribution in [2.75, 3.05) is 18.1 Å². The molecule has 0 radical (unpaired) electrons. The molecule has 0 saturated heterocycles. The van der Waals surface area contributed by atoms with Gasteiger partial charge >= 0.3 is 0 Å². The molecule has 0 bridgehead atoms. The van der Waals surface area contributed by atoms with E-state index in [0.29, 0.717) is 30.1 Å². The number of aromatic nitrogens is 1. The summed E-state index contributed by atoms with van der Waals surface area (Å²) in [7, 11) is 0. The van der Waals surface area contributed by atoms with E-state index in [2.05, 4.69) is 4.98 Å². The maximum atomic E-state index is 14.5. The van der Waals surface area contributed by atoms with Crippen molar-refractivity contribution in [3.05, 3.63) is 45.7 Å². The fourth-order valence-electron chi connectivity index (χ4n) is 3.95. The van der Waals surface area contributed by atoms with Crippen molar-refractivity contribution in [2.24, 2.45) is 0 Å². The van der Waals surface area contributed by atoms with Gasteiger partial charge in [0.25, 0.3) is 5.91 Å². The first kappa shape index (κ1) is 16.7. The van der Waals surface area contributed by atoms with E-state index in [1.165, 1.54) is 17.4 Å². The lowest BCUT2D eigenvalue weighted by Gasteiger charge is -2.38. The van der Waals surface area contributed by atoms with Gasteiger partial charge in [-0.3, -0.25) is 4.79 Å². The smallest absolute Gasteiger partial charge is 0.277 e. The van der Waals surface area contributed by atoms with Crippen LogP contribution in [0.1, 0.15) is 60.3 Å². The van der Waals surface area contributed by atoms with Gasteiger partial charge in [0.2, 0.25) is 0 Å². The Labute approximate surface area is 150 Å². The molecule has 1 spiro atoms. The van der Waals surface area contributed by atoms with Crippen LogP contribution >= 0.6 is 11.3 Å². The van der Waals surface area contributed by atoms with Crippen LogP contribution < -0.4 is 4.90 Å². The minimum Gasteiger partial charge on any atom is -0.372 e. The number of halogens is 1. The zero-order valence-corrected chi connectivity index (χ0v) is 15.2. The number of thiazole rings is 1. The van der Waals surface area contributed by atoms with Gasteiger partial charge in [0.05, 0.1) is 5.69 Å². The minimum absolute atomic E-state index is 0.127. The second-order valence-corrected chi connectivity index (χ2v) is 7.72. The van der Waals surface area contributed by atoms with Gasteiger partial charge in [0.1, 0.15) is 22.6 Å². The van der Waals surface area contributed by atoms with Gasteiger partial charge in [-0.1, -0.05) is 12.5 Å². The summed E-state index contributed by atoms with van der Waals surface area (Å²) in [5, 5.41) is 2.57. The van der Waals surface area contributed by atoms with Crippen LogP contribution in [0.25, 0.3) is 0 Å². The quantitative estimate of drug-likeness (QED) is 0.808. The van der Waals surface area contributed by atoms with Crippen LogP contribution in [0, 0.1) is 5.82 Å². The highest BCUT2D eigenvalue weighted by molar-refractivity contribution is 7.09. The van der Waals surface area contributed by atoms with Gasteiger partial charge in [-0.25, -0.2) is 9.37 Å². The summed E-state index contributed by atoms with van der Waals surface area (Å²) < 4.78 is 20.0. The maximum absolute atomic E-state index is 14.5. The average molecular weight is 360 g/mol. The Morgan fingerprint density at radius 2 is 2.28 bits per heavy atom. The van der Waals surface area contributed by atoms with Crippen molar-refractivity contribution in [1.29, 1.82) is 0 Å². The van der Waals surface area contributed by atoms with E-state index < -0.39 is 0 Å². The molecule has 132 valence electrons. The summed E-state index contributed by atoms with van der Waals surface area (Å²) in [6, 6.07) is 5.02. The summed E-state index contributed by atoms with van der Waals surface area (Å²) in [6.45, 7) is 5.02. The molecule has 1 atom stereocenters. The number of carbonyl (C=O) groups excluding carboxylic acids is 1. The van der Waals surface area contributed by atoms with E-state index in [1.54, 1.807) is 16.3 Å². The molecular formula is C19H21FN2O2S. The van der Waals surface area contributed by atoms with E-state index in [-0.39, 0.29) is 23.2 Å². The highest BCUT2D eigenvalue weighted by atomic mass is 32.1. The van der Waals surface area contributed by atoms with E-state index in [0.717, 1.165) is 24.3 Å². The van der Waals surface area contributed by atoms with Gasteiger partial charge in [-0.15, -0.1) is 11.3 Å². The van der Waals surface area contributed by atoms with Crippen molar-refractivity contribution >= 4 is 22.9 Å². The van der Waals surface area contributed by atoms with Crippen molar-refractivity contribution in [2.45, 2.75) is 44.6 Å². The molecule has 1 aromatic heterocycles. The molecule has 25 heavy (non-hydrogen) atoms. The number of fused-ring (bicyclic) bond motifs is 2. The van der Waals surface area contributed by atoms with Crippen LogP contribution in [-0.2, 0) is 10.2 Å². The molecule has 0 N–H and O–H groups in total. The maximum Gasteiger partial charge on any atom is 0.277 e. The molecule has 4 nitrogen and oxygen atoms in total. The van der Waals surface area contributed by atoms with Crippen LogP contribution in [0.5, 0.6) is 0 Å². The lowest BCUT2D eigenvalue weighted by atomic mass is 9.65. The molecule has 2 aromatic rings. The lowest BCUT2D eigenvalue weighted by molar-refractivity contribution is 0.0760. The molecule has 1 aliphatic carbocycles. The number of anilines is 1. The summed E-state index contributed by atoms with van der Waals surface area (Å²) in [4.78, 5) is 19.2. The Balaban J connectivity index is 1.65. The van der Waals surface area contributed by atoms with Crippen molar-refractivity contribution in [1.82, 2.24) is 4.98 Å². The average Bonchev–Trinajstić information content (AvgIpc) is 3.18. The Hall–Kier alpha value is -1.79. The third-order valence-corrected chi connectivity index (χ3v) is 6.34. The molecule has 1 aromatic carbocycles. The molecule has 1 aliphatic heterocycles.